The molecule has 0 aliphatic heterocycles. The molecule has 0 saturated heterocycles. The van der Waals surface area contributed by atoms with Gasteiger partial charge in [-0.2, -0.15) is 10.4 Å². The fourth-order valence-electron chi connectivity index (χ4n) is 2.07. The highest BCUT2D eigenvalue weighted by atomic mass is 32.1. The number of anilines is 1. The molecule has 0 saturated carbocycles. The van der Waals surface area contributed by atoms with E-state index in [0.29, 0.717) is 5.56 Å². The molecule has 0 radical (unpaired) electrons. The smallest absolute Gasteiger partial charge is 0.203 e. The van der Waals surface area contributed by atoms with Crippen LogP contribution in [0.1, 0.15) is 16.8 Å². The third-order valence-electron chi connectivity index (χ3n) is 3.25. The first-order chi connectivity index (χ1) is 11.2. The summed E-state index contributed by atoms with van der Waals surface area (Å²) in [7, 11) is 0. The van der Waals surface area contributed by atoms with Gasteiger partial charge in [-0.15, -0.1) is 11.3 Å². The minimum atomic E-state index is 0.668. The van der Waals surface area contributed by atoms with E-state index in [1.807, 2.05) is 60.8 Å². The molecule has 0 aliphatic carbocycles. The molecule has 112 valence electrons. The molecular weight excluding hydrogens is 304 g/mol. The zero-order valence-corrected chi connectivity index (χ0v) is 13.3. The number of nitrogens with zero attached hydrogens (tertiary/aromatic N) is 3. The minimum Gasteiger partial charge on any atom is -0.253 e. The van der Waals surface area contributed by atoms with E-state index >= 15 is 0 Å². The van der Waals surface area contributed by atoms with E-state index in [0.717, 1.165) is 27.5 Å². The highest BCUT2D eigenvalue weighted by Crippen LogP contribution is 2.20. The van der Waals surface area contributed by atoms with E-state index in [1.54, 1.807) is 6.21 Å². The number of aryl methyl sites for hydroxylation is 1. The van der Waals surface area contributed by atoms with Gasteiger partial charge < -0.3 is 0 Å². The molecule has 3 rings (SSSR count). The van der Waals surface area contributed by atoms with E-state index in [9.17, 15) is 0 Å². The first-order valence-electron chi connectivity index (χ1n) is 7.06. The number of rotatable bonds is 4. The maximum absolute atomic E-state index is 8.83. The summed E-state index contributed by atoms with van der Waals surface area (Å²) in [6.07, 6.45) is 1.76. The number of nitriles is 1. The number of hydrogen-bond acceptors (Lipinski definition) is 5. The van der Waals surface area contributed by atoms with Crippen LogP contribution in [-0.4, -0.2) is 11.2 Å². The van der Waals surface area contributed by atoms with Crippen molar-refractivity contribution >= 4 is 22.7 Å². The molecule has 0 atom stereocenters. The van der Waals surface area contributed by atoms with E-state index in [1.165, 1.54) is 11.3 Å². The van der Waals surface area contributed by atoms with Gasteiger partial charge in [-0.3, -0.25) is 5.43 Å². The normalized spacial score (nSPS) is 10.6. The van der Waals surface area contributed by atoms with Crippen LogP contribution in [0.5, 0.6) is 0 Å². The Bertz CT molecular complexity index is 855. The number of aromatic nitrogens is 1. The number of hydrazone groups is 1. The quantitative estimate of drug-likeness (QED) is 0.571. The van der Waals surface area contributed by atoms with Crippen LogP contribution in [0.25, 0.3) is 11.1 Å². The monoisotopic (exact) mass is 318 g/mol. The number of hydrogen-bond donors (Lipinski definition) is 1. The van der Waals surface area contributed by atoms with Gasteiger partial charge in [0, 0.05) is 5.38 Å². The lowest BCUT2D eigenvalue weighted by atomic mass is 10.0. The van der Waals surface area contributed by atoms with Crippen molar-refractivity contribution in [1.29, 1.82) is 5.26 Å². The van der Waals surface area contributed by atoms with Gasteiger partial charge in [-0.05, 0) is 35.7 Å². The minimum absolute atomic E-state index is 0.668. The summed E-state index contributed by atoms with van der Waals surface area (Å²) in [5.41, 5.74) is 7.77. The highest BCUT2D eigenvalue weighted by molar-refractivity contribution is 7.13. The summed E-state index contributed by atoms with van der Waals surface area (Å²) in [6, 6.07) is 17.8. The Morgan fingerprint density at radius 3 is 2.30 bits per heavy atom. The van der Waals surface area contributed by atoms with Gasteiger partial charge in [-0.25, -0.2) is 4.98 Å². The molecule has 1 aromatic heterocycles. The Kier molecular flexibility index (Phi) is 4.46. The largest absolute Gasteiger partial charge is 0.253 e. The molecule has 1 heterocycles. The SMILES string of the molecule is Cc1csc(NN=Cc2ccc(-c3ccc(C#N)cc3)cc2)n1. The molecule has 0 aliphatic rings. The van der Waals surface area contributed by atoms with Crippen molar-refractivity contribution in [1.82, 2.24) is 4.98 Å². The lowest BCUT2D eigenvalue weighted by Gasteiger charge is -2.02. The van der Waals surface area contributed by atoms with Gasteiger partial charge in [-0.1, -0.05) is 36.4 Å². The van der Waals surface area contributed by atoms with Gasteiger partial charge in [0.05, 0.1) is 23.5 Å². The van der Waals surface area contributed by atoms with Crippen molar-refractivity contribution in [2.45, 2.75) is 6.92 Å². The highest BCUT2D eigenvalue weighted by Gasteiger charge is 1.98. The van der Waals surface area contributed by atoms with Gasteiger partial charge >= 0.3 is 0 Å². The summed E-state index contributed by atoms with van der Waals surface area (Å²) in [6.45, 7) is 1.95. The maximum atomic E-state index is 8.83. The number of thiazole rings is 1. The summed E-state index contributed by atoms with van der Waals surface area (Å²) < 4.78 is 0. The zero-order chi connectivity index (χ0) is 16.1. The third-order valence-corrected chi connectivity index (χ3v) is 4.12. The second kappa shape index (κ2) is 6.86. The predicted molar refractivity (Wildman–Crippen MR) is 94.7 cm³/mol. The van der Waals surface area contributed by atoms with Crippen LogP contribution < -0.4 is 5.43 Å². The van der Waals surface area contributed by atoms with Crippen molar-refractivity contribution in [3.05, 3.63) is 70.7 Å². The lowest BCUT2D eigenvalue weighted by Crippen LogP contribution is -1.90. The fraction of sp³-hybridized carbons (Fsp3) is 0.0556. The topological polar surface area (TPSA) is 61.1 Å². The van der Waals surface area contributed by atoms with Crippen molar-refractivity contribution in [2.24, 2.45) is 5.10 Å². The standard InChI is InChI=1S/C18H14N4S/c1-13-12-23-18(21-13)22-20-11-15-4-8-17(9-5-15)16-6-2-14(10-19)3-7-16/h2-9,11-12H,1H3,(H,21,22). The number of nitrogens with one attached hydrogen (secondary N) is 1. The Morgan fingerprint density at radius 2 is 1.74 bits per heavy atom. The molecule has 3 aromatic rings. The molecule has 0 spiro atoms. The zero-order valence-electron chi connectivity index (χ0n) is 12.5. The molecule has 0 unspecified atom stereocenters. The molecule has 2 aromatic carbocycles. The van der Waals surface area contributed by atoms with Crippen molar-refractivity contribution in [3.63, 3.8) is 0 Å². The van der Waals surface area contributed by atoms with Gasteiger partial charge in [0.2, 0.25) is 5.13 Å². The molecule has 0 fully saturated rings. The van der Waals surface area contributed by atoms with Crippen molar-refractivity contribution in [3.8, 4) is 17.2 Å². The average molecular weight is 318 g/mol. The van der Waals surface area contributed by atoms with Crippen molar-refractivity contribution < 1.29 is 0 Å². The van der Waals surface area contributed by atoms with E-state index in [4.69, 9.17) is 5.26 Å². The Morgan fingerprint density at radius 1 is 1.09 bits per heavy atom. The van der Waals surface area contributed by atoms with Crippen LogP contribution in [0.4, 0.5) is 5.13 Å². The van der Waals surface area contributed by atoms with Crippen LogP contribution >= 0.6 is 11.3 Å². The summed E-state index contributed by atoms with van der Waals surface area (Å²) in [4.78, 5) is 4.28. The molecule has 23 heavy (non-hydrogen) atoms. The van der Waals surface area contributed by atoms with Crippen LogP contribution in [0.2, 0.25) is 0 Å². The molecule has 4 nitrogen and oxygen atoms in total. The molecule has 1 N–H and O–H groups in total. The molecule has 5 heteroatoms. The summed E-state index contributed by atoms with van der Waals surface area (Å²) >= 11 is 1.53. The Balaban J connectivity index is 1.67. The second-order valence-electron chi connectivity index (χ2n) is 4.98. The number of benzene rings is 2. The summed E-state index contributed by atoms with van der Waals surface area (Å²) in [5.74, 6) is 0. The average Bonchev–Trinajstić information content (AvgIpc) is 3.01. The molecule has 0 bridgehead atoms. The van der Waals surface area contributed by atoms with Crippen LogP contribution in [0.15, 0.2) is 59.0 Å². The van der Waals surface area contributed by atoms with Gasteiger partial charge in [0.25, 0.3) is 0 Å². The van der Waals surface area contributed by atoms with Crippen LogP contribution in [0, 0.1) is 18.3 Å². The first kappa shape index (κ1) is 14.9. The van der Waals surface area contributed by atoms with E-state index in [2.05, 4.69) is 21.6 Å². The van der Waals surface area contributed by atoms with Crippen LogP contribution in [-0.2, 0) is 0 Å². The van der Waals surface area contributed by atoms with Crippen LogP contribution in [0.3, 0.4) is 0 Å². The fourth-order valence-corrected chi connectivity index (χ4v) is 2.70. The first-order valence-corrected chi connectivity index (χ1v) is 7.94. The maximum Gasteiger partial charge on any atom is 0.203 e. The summed E-state index contributed by atoms with van der Waals surface area (Å²) in [5, 5.41) is 15.8. The third kappa shape index (κ3) is 3.82. The predicted octanol–water partition coefficient (Wildman–Crippen LogP) is 4.44. The Labute approximate surface area is 138 Å². The molecule has 0 amide bonds. The van der Waals surface area contributed by atoms with Crippen molar-refractivity contribution in [2.75, 3.05) is 5.43 Å². The second-order valence-corrected chi connectivity index (χ2v) is 5.83. The van der Waals surface area contributed by atoms with E-state index < -0.39 is 0 Å². The Hall–Kier alpha value is -2.97. The van der Waals surface area contributed by atoms with Gasteiger partial charge in [0.15, 0.2) is 0 Å². The van der Waals surface area contributed by atoms with E-state index in [-0.39, 0.29) is 0 Å². The lowest BCUT2D eigenvalue weighted by molar-refractivity contribution is 1.22. The molecular formula is C18H14N4S. The van der Waals surface area contributed by atoms with Gasteiger partial charge in [0.1, 0.15) is 0 Å².